The number of aromatic nitrogens is 4. The molecule has 0 aliphatic rings. The van der Waals surface area contributed by atoms with Crippen molar-refractivity contribution in [3.63, 3.8) is 0 Å². The third-order valence-electron chi connectivity index (χ3n) is 8.06. The molecule has 4 atom stereocenters. The number of fused-ring (bicyclic) bond motifs is 1. The van der Waals surface area contributed by atoms with E-state index in [2.05, 4.69) is 46.5 Å². The highest BCUT2D eigenvalue weighted by atomic mass is 16.4. The number of carbonyl (C=O) groups excluding carboxylic acids is 3. The number of amides is 3. The van der Waals surface area contributed by atoms with Crippen LogP contribution in [0.5, 0.6) is 0 Å². The molecule has 3 amide bonds. The Hall–Kier alpha value is -6.71. The monoisotopic (exact) mass is 770 g/mol. The fraction of sp³-hybridized carbons (Fsp3) is 0.424. The lowest BCUT2D eigenvalue weighted by Crippen LogP contribution is -2.45. The van der Waals surface area contributed by atoms with E-state index < -0.39 is 97.0 Å². The number of H-pyrrole nitrogens is 1. The van der Waals surface area contributed by atoms with Gasteiger partial charge in [-0.25, -0.2) is 24.4 Å². The molecule has 0 spiro atoms. The van der Waals surface area contributed by atoms with Crippen molar-refractivity contribution in [2.75, 3.05) is 17.6 Å². The Bertz CT molecular complexity index is 1940. The molecule has 12 N–H and O–H groups in total. The van der Waals surface area contributed by atoms with E-state index in [1.54, 1.807) is 19.1 Å². The van der Waals surface area contributed by atoms with Crippen LogP contribution in [-0.2, 0) is 35.3 Å². The zero-order valence-corrected chi connectivity index (χ0v) is 29.5. The third-order valence-corrected chi connectivity index (χ3v) is 8.06. The van der Waals surface area contributed by atoms with Crippen molar-refractivity contribution in [2.45, 2.75) is 82.6 Å². The number of aliphatic carboxylic acids is 4. The van der Waals surface area contributed by atoms with Crippen molar-refractivity contribution < 1.29 is 54.0 Å². The molecule has 4 unspecified atom stereocenters. The number of rotatable bonds is 23. The lowest BCUT2D eigenvalue weighted by molar-refractivity contribution is -0.143. The summed E-state index contributed by atoms with van der Waals surface area (Å²) in [4.78, 5) is 111. The fourth-order valence-corrected chi connectivity index (χ4v) is 5.07. The molecule has 0 radical (unpaired) electrons. The van der Waals surface area contributed by atoms with Gasteiger partial charge in [0.15, 0.2) is 11.2 Å². The van der Waals surface area contributed by atoms with E-state index in [0.717, 1.165) is 0 Å². The molecule has 0 saturated carbocycles. The van der Waals surface area contributed by atoms with Gasteiger partial charge < -0.3 is 52.7 Å². The van der Waals surface area contributed by atoms with Crippen LogP contribution in [0.2, 0.25) is 0 Å². The number of carboxylic acids is 4. The van der Waals surface area contributed by atoms with Crippen molar-refractivity contribution in [3.8, 4) is 0 Å². The van der Waals surface area contributed by atoms with E-state index in [1.807, 2.05) is 0 Å². The number of carboxylic acid groups (broad SMARTS) is 4. The van der Waals surface area contributed by atoms with Gasteiger partial charge >= 0.3 is 23.9 Å². The number of anilines is 2. The second-order valence-electron chi connectivity index (χ2n) is 12.2. The topological polar surface area (TPSA) is 358 Å². The van der Waals surface area contributed by atoms with Gasteiger partial charge in [-0.1, -0.05) is 6.92 Å². The van der Waals surface area contributed by atoms with Crippen LogP contribution < -0.4 is 37.9 Å². The predicted octanol–water partition coefficient (Wildman–Crippen LogP) is -0.977. The van der Waals surface area contributed by atoms with Gasteiger partial charge in [0.25, 0.3) is 11.5 Å². The minimum absolute atomic E-state index is 0.00422. The second-order valence-corrected chi connectivity index (χ2v) is 12.2. The summed E-state index contributed by atoms with van der Waals surface area (Å²) >= 11 is 0. The fourth-order valence-electron chi connectivity index (χ4n) is 5.07. The molecule has 55 heavy (non-hydrogen) atoms. The summed E-state index contributed by atoms with van der Waals surface area (Å²) in [7, 11) is 0. The van der Waals surface area contributed by atoms with Crippen LogP contribution in [0.3, 0.4) is 0 Å². The maximum absolute atomic E-state index is 12.8. The van der Waals surface area contributed by atoms with Crippen LogP contribution in [0.25, 0.3) is 11.2 Å². The van der Waals surface area contributed by atoms with Crippen LogP contribution in [0.15, 0.2) is 35.3 Å². The molecule has 2 aromatic heterocycles. The molecule has 3 aromatic rings. The molecule has 1 aromatic carbocycles. The van der Waals surface area contributed by atoms with Crippen molar-refractivity contribution in [1.29, 1.82) is 0 Å². The predicted molar refractivity (Wildman–Crippen MR) is 192 cm³/mol. The average molecular weight is 771 g/mol. The Balaban J connectivity index is 1.45. The summed E-state index contributed by atoms with van der Waals surface area (Å²) in [6.07, 6.45) is 0.132. The molecule has 0 bridgehead atoms. The van der Waals surface area contributed by atoms with Gasteiger partial charge in [0.1, 0.15) is 24.2 Å². The molecule has 296 valence electrons. The highest BCUT2D eigenvalue weighted by molar-refractivity contribution is 5.97. The van der Waals surface area contributed by atoms with Crippen LogP contribution in [-0.4, -0.2) is 113 Å². The zero-order valence-electron chi connectivity index (χ0n) is 29.5. The number of hydrogen-bond donors (Lipinski definition) is 11. The van der Waals surface area contributed by atoms with Crippen LogP contribution in [0.4, 0.5) is 11.6 Å². The maximum atomic E-state index is 12.8. The molecule has 3 rings (SSSR count). The van der Waals surface area contributed by atoms with E-state index in [4.69, 9.17) is 10.8 Å². The Labute approximate surface area is 311 Å². The standard InChI is InChI=1S/C33H42N10O12/c1-2-19(29(48)49)35-13-3-4-20(30(50)51)39-23(44)11-9-21(31(52)53)40-24(45)12-10-22(32(54)55)41-27(46)16-5-7-17(8-6-16)36-14-18-15-37-26-25(38-18)28(47)43-33(34)42-26/h5-8,15,19-22,35-36H,2-4,9-14H2,1H3,(H,39,44)(H,40,45)(H,41,46)(H,48,49)(H,50,51)(H,52,53)(H,54,55)(H3,34,37,42,43,47). The Kier molecular flexibility index (Phi) is 15.9. The maximum Gasteiger partial charge on any atom is 0.326 e. The van der Waals surface area contributed by atoms with Crippen LogP contribution in [0.1, 0.15) is 67.9 Å². The summed E-state index contributed by atoms with van der Waals surface area (Å²) in [5.74, 6) is -7.85. The third kappa shape index (κ3) is 13.7. The van der Waals surface area contributed by atoms with Crippen molar-refractivity contribution in [3.05, 3.63) is 52.1 Å². The first-order chi connectivity index (χ1) is 26.1. The summed E-state index contributed by atoms with van der Waals surface area (Å²) in [5, 5.41) is 50.3. The molecular formula is C33H42N10O12. The molecule has 0 aliphatic carbocycles. The minimum Gasteiger partial charge on any atom is -0.480 e. The first-order valence-corrected chi connectivity index (χ1v) is 17.0. The summed E-state index contributed by atoms with van der Waals surface area (Å²) in [6.45, 7) is 2.00. The van der Waals surface area contributed by atoms with E-state index in [0.29, 0.717) is 17.8 Å². The number of nitrogens with zero attached hydrogens (tertiary/aromatic N) is 3. The molecule has 2 heterocycles. The SMILES string of the molecule is CCC(NCCCC(NC(=O)CCC(NC(=O)CCC(NC(=O)c1ccc(NCc2cnc3nc(N)[nH]c(=O)c3n2)cc1)C(=O)O)C(=O)O)C(=O)O)C(=O)O. The first-order valence-electron chi connectivity index (χ1n) is 17.0. The minimum atomic E-state index is -1.56. The number of carbonyl (C=O) groups is 7. The number of nitrogen functional groups attached to an aromatic ring is 1. The van der Waals surface area contributed by atoms with E-state index >= 15 is 0 Å². The molecule has 0 saturated heterocycles. The first kappa shape index (κ1) is 42.7. The molecule has 22 nitrogen and oxygen atoms in total. The van der Waals surface area contributed by atoms with Crippen LogP contribution >= 0.6 is 0 Å². The summed E-state index contributed by atoms with van der Waals surface area (Å²) < 4.78 is 0. The van der Waals surface area contributed by atoms with Crippen molar-refractivity contribution >= 4 is 64.4 Å². The normalized spacial score (nSPS) is 13.1. The van der Waals surface area contributed by atoms with Crippen molar-refractivity contribution in [1.82, 2.24) is 41.2 Å². The van der Waals surface area contributed by atoms with E-state index in [9.17, 15) is 53.7 Å². The Morgan fingerprint density at radius 2 is 1.31 bits per heavy atom. The number of nitrogens with two attached hydrogens (primary N) is 1. The summed E-state index contributed by atoms with van der Waals surface area (Å²) in [6, 6.07) is 0.708. The highest BCUT2D eigenvalue weighted by Crippen LogP contribution is 2.13. The van der Waals surface area contributed by atoms with Gasteiger partial charge in [0, 0.05) is 24.1 Å². The number of hydrogen-bond acceptors (Lipinski definition) is 14. The van der Waals surface area contributed by atoms with E-state index in [-0.39, 0.29) is 48.6 Å². The lowest BCUT2D eigenvalue weighted by atomic mass is 10.1. The number of aromatic amines is 1. The van der Waals surface area contributed by atoms with Gasteiger partial charge in [0.05, 0.1) is 18.4 Å². The Morgan fingerprint density at radius 3 is 1.85 bits per heavy atom. The number of benzene rings is 1. The summed E-state index contributed by atoms with van der Waals surface area (Å²) in [5.41, 5.74) is 6.10. The highest BCUT2D eigenvalue weighted by Gasteiger charge is 2.26. The second kappa shape index (κ2) is 20.5. The molecular weight excluding hydrogens is 728 g/mol. The van der Waals surface area contributed by atoms with E-state index in [1.165, 1.54) is 18.3 Å². The quantitative estimate of drug-likeness (QED) is 0.0516. The van der Waals surface area contributed by atoms with Gasteiger partial charge in [-0.05, 0) is 62.9 Å². The molecule has 22 heteroatoms. The van der Waals surface area contributed by atoms with Gasteiger partial charge in [-0.3, -0.25) is 29.0 Å². The zero-order chi connectivity index (χ0) is 40.7. The van der Waals surface area contributed by atoms with Gasteiger partial charge in [-0.2, -0.15) is 4.98 Å². The lowest BCUT2D eigenvalue weighted by Gasteiger charge is -2.18. The van der Waals surface area contributed by atoms with Gasteiger partial charge in [0.2, 0.25) is 17.8 Å². The number of nitrogens with one attached hydrogen (secondary N) is 6. The largest absolute Gasteiger partial charge is 0.480 e. The average Bonchev–Trinajstić information content (AvgIpc) is 3.13. The van der Waals surface area contributed by atoms with Crippen molar-refractivity contribution in [2.24, 2.45) is 0 Å². The Morgan fingerprint density at radius 1 is 0.764 bits per heavy atom. The molecule has 0 aliphatic heterocycles. The van der Waals surface area contributed by atoms with Crippen LogP contribution in [0, 0.1) is 0 Å². The molecule has 0 fully saturated rings. The van der Waals surface area contributed by atoms with Gasteiger partial charge in [-0.15, -0.1) is 0 Å². The smallest absolute Gasteiger partial charge is 0.326 e.